The molecule has 2 aromatic carbocycles. The number of aromatic amines is 1. The van der Waals surface area contributed by atoms with Gasteiger partial charge in [0.1, 0.15) is 18.1 Å². The average molecular weight is 323 g/mol. The first-order chi connectivity index (χ1) is 11.7. The van der Waals surface area contributed by atoms with Crippen molar-refractivity contribution in [3.63, 3.8) is 0 Å². The first-order valence-corrected chi connectivity index (χ1v) is 8.00. The molecule has 0 unspecified atom stereocenters. The highest BCUT2D eigenvalue weighted by Gasteiger charge is 2.05. The van der Waals surface area contributed by atoms with Gasteiger partial charge in [0.15, 0.2) is 0 Å². The fraction of sp³-hybridized carbons (Fsp3) is 0.211. The van der Waals surface area contributed by atoms with E-state index in [4.69, 9.17) is 15.2 Å². The van der Waals surface area contributed by atoms with Crippen molar-refractivity contribution < 1.29 is 9.47 Å². The summed E-state index contributed by atoms with van der Waals surface area (Å²) in [5, 5.41) is 7.34. The molecule has 0 saturated heterocycles. The molecule has 3 rings (SSSR count). The van der Waals surface area contributed by atoms with Crippen molar-refractivity contribution in [1.29, 1.82) is 0 Å². The van der Waals surface area contributed by atoms with Gasteiger partial charge in [0.25, 0.3) is 0 Å². The highest BCUT2D eigenvalue weighted by atomic mass is 16.5. The number of ether oxygens (including phenoxy) is 2. The molecular formula is C19H21N3O2. The Morgan fingerprint density at radius 3 is 2.58 bits per heavy atom. The van der Waals surface area contributed by atoms with Crippen LogP contribution in [0.2, 0.25) is 0 Å². The molecule has 0 radical (unpaired) electrons. The minimum Gasteiger partial charge on any atom is -0.494 e. The number of aromatic nitrogens is 2. The van der Waals surface area contributed by atoms with Crippen LogP contribution in [0.5, 0.6) is 11.5 Å². The number of hydrogen-bond donors (Lipinski definition) is 2. The van der Waals surface area contributed by atoms with E-state index < -0.39 is 0 Å². The van der Waals surface area contributed by atoms with Gasteiger partial charge in [0.05, 0.1) is 18.0 Å². The number of hydrogen-bond acceptors (Lipinski definition) is 4. The molecule has 0 spiro atoms. The lowest BCUT2D eigenvalue weighted by atomic mass is 10.1. The molecule has 124 valence electrons. The minimum atomic E-state index is 0.411. The summed E-state index contributed by atoms with van der Waals surface area (Å²) in [5.74, 6) is 1.62. The van der Waals surface area contributed by atoms with Crippen molar-refractivity contribution in [3.05, 3.63) is 60.3 Å². The topological polar surface area (TPSA) is 73.2 Å². The van der Waals surface area contributed by atoms with E-state index in [1.165, 1.54) is 0 Å². The molecular weight excluding hydrogens is 302 g/mol. The number of benzene rings is 2. The molecule has 3 aromatic rings. The third-order valence-electron chi connectivity index (χ3n) is 3.51. The summed E-state index contributed by atoms with van der Waals surface area (Å²) in [7, 11) is 0. The third-order valence-corrected chi connectivity index (χ3v) is 3.51. The number of nitrogens with two attached hydrogens (primary N) is 1. The Balaban J connectivity index is 1.62. The largest absolute Gasteiger partial charge is 0.494 e. The van der Waals surface area contributed by atoms with Crippen LogP contribution in [-0.2, 0) is 6.61 Å². The van der Waals surface area contributed by atoms with E-state index >= 15 is 0 Å². The number of nitrogens with zero attached hydrogens (tertiary/aromatic N) is 1. The minimum absolute atomic E-state index is 0.411. The van der Waals surface area contributed by atoms with E-state index in [1.54, 1.807) is 6.07 Å². The van der Waals surface area contributed by atoms with Gasteiger partial charge in [0, 0.05) is 17.3 Å². The van der Waals surface area contributed by atoms with Crippen LogP contribution >= 0.6 is 0 Å². The maximum absolute atomic E-state index is 5.74. The first-order valence-electron chi connectivity index (χ1n) is 8.00. The zero-order valence-electron chi connectivity index (χ0n) is 13.7. The molecule has 0 amide bonds. The van der Waals surface area contributed by atoms with Crippen LogP contribution in [0.4, 0.5) is 5.69 Å². The lowest BCUT2D eigenvalue weighted by Crippen LogP contribution is -1.96. The van der Waals surface area contributed by atoms with Crippen molar-refractivity contribution in [3.8, 4) is 22.8 Å². The van der Waals surface area contributed by atoms with Crippen LogP contribution in [0.1, 0.15) is 19.0 Å². The van der Waals surface area contributed by atoms with Crippen LogP contribution in [0.3, 0.4) is 0 Å². The molecule has 0 saturated carbocycles. The zero-order chi connectivity index (χ0) is 16.8. The van der Waals surface area contributed by atoms with Gasteiger partial charge in [-0.05, 0) is 48.9 Å². The summed E-state index contributed by atoms with van der Waals surface area (Å²) in [6.45, 7) is 3.23. The van der Waals surface area contributed by atoms with Crippen molar-refractivity contribution in [2.45, 2.75) is 20.0 Å². The summed E-state index contributed by atoms with van der Waals surface area (Å²) >= 11 is 0. The lowest BCUT2D eigenvalue weighted by molar-refractivity contribution is 0.301. The van der Waals surface area contributed by atoms with Gasteiger partial charge in [-0.25, -0.2) is 0 Å². The summed E-state index contributed by atoms with van der Waals surface area (Å²) in [5.41, 5.74) is 9.24. The van der Waals surface area contributed by atoms with E-state index in [0.29, 0.717) is 12.3 Å². The highest BCUT2D eigenvalue weighted by Crippen LogP contribution is 2.22. The van der Waals surface area contributed by atoms with E-state index in [2.05, 4.69) is 17.1 Å². The van der Waals surface area contributed by atoms with E-state index in [9.17, 15) is 0 Å². The molecule has 3 N–H and O–H groups in total. The second-order valence-electron chi connectivity index (χ2n) is 5.51. The van der Waals surface area contributed by atoms with Gasteiger partial charge in [-0.1, -0.05) is 13.0 Å². The number of H-pyrrole nitrogens is 1. The van der Waals surface area contributed by atoms with Gasteiger partial charge in [-0.2, -0.15) is 5.10 Å². The molecule has 0 aliphatic carbocycles. The number of nitrogen functional groups attached to an aromatic ring is 1. The molecule has 0 aliphatic heterocycles. The molecule has 1 aromatic heterocycles. The molecule has 0 bridgehead atoms. The van der Waals surface area contributed by atoms with Gasteiger partial charge in [-0.15, -0.1) is 0 Å². The Morgan fingerprint density at radius 1 is 1.00 bits per heavy atom. The van der Waals surface area contributed by atoms with Crippen molar-refractivity contribution in [1.82, 2.24) is 10.2 Å². The van der Waals surface area contributed by atoms with E-state index in [0.717, 1.165) is 41.5 Å². The number of anilines is 1. The standard InChI is InChI=1S/C19H21N3O2/c1-2-10-23-17-8-6-14(7-9-17)19-12-16(21-22-19)13-24-18-5-3-4-15(20)11-18/h3-9,11-12H,2,10,13,20H2,1H3,(H,21,22). The maximum Gasteiger partial charge on any atom is 0.130 e. The Hall–Kier alpha value is -2.95. The molecule has 5 nitrogen and oxygen atoms in total. The predicted octanol–water partition coefficient (Wildman–Crippen LogP) is 4.03. The van der Waals surface area contributed by atoms with Crippen LogP contribution in [-0.4, -0.2) is 16.8 Å². The average Bonchev–Trinajstić information content (AvgIpc) is 3.08. The normalized spacial score (nSPS) is 10.5. The molecule has 24 heavy (non-hydrogen) atoms. The van der Waals surface area contributed by atoms with Crippen molar-refractivity contribution in [2.24, 2.45) is 0 Å². The second kappa shape index (κ2) is 7.55. The van der Waals surface area contributed by atoms with Crippen molar-refractivity contribution in [2.75, 3.05) is 12.3 Å². The van der Waals surface area contributed by atoms with Gasteiger partial charge in [-0.3, -0.25) is 5.10 Å². The summed E-state index contributed by atoms with van der Waals surface area (Å²) < 4.78 is 11.3. The third kappa shape index (κ3) is 4.07. The smallest absolute Gasteiger partial charge is 0.130 e. The fourth-order valence-corrected chi connectivity index (χ4v) is 2.29. The zero-order valence-corrected chi connectivity index (χ0v) is 13.7. The Labute approximate surface area is 141 Å². The van der Waals surface area contributed by atoms with E-state index in [-0.39, 0.29) is 0 Å². The van der Waals surface area contributed by atoms with Gasteiger partial charge >= 0.3 is 0 Å². The quantitative estimate of drug-likeness (QED) is 0.644. The van der Waals surface area contributed by atoms with E-state index in [1.807, 2.05) is 48.5 Å². The Bertz CT molecular complexity index is 781. The van der Waals surface area contributed by atoms with Crippen LogP contribution in [0.25, 0.3) is 11.3 Å². The van der Waals surface area contributed by atoms with Crippen LogP contribution < -0.4 is 15.2 Å². The monoisotopic (exact) mass is 323 g/mol. The van der Waals surface area contributed by atoms with Crippen LogP contribution in [0.15, 0.2) is 54.6 Å². The molecule has 0 atom stereocenters. The fourth-order valence-electron chi connectivity index (χ4n) is 2.29. The van der Waals surface area contributed by atoms with Gasteiger partial charge in [0.2, 0.25) is 0 Å². The van der Waals surface area contributed by atoms with Crippen LogP contribution in [0, 0.1) is 0 Å². The van der Waals surface area contributed by atoms with Gasteiger partial charge < -0.3 is 15.2 Å². The molecule has 1 heterocycles. The SMILES string of the molecule is CCCOc1ccc(-c2cc(COc3cccc(N)c3)[nH]n2)cc1. The first kappa shape index (κ1) is 15.9. The number of rotatable bonds is 7. The molecule has 0 fully saturated rings. The maximum atomic E-state index is 5.74. The number of nitrogens with one attached hydrogen (secondary N) is 1. The summed E-state index contributed by atoms with van der Waals surface area (Å²) in [6, 6.07) is 17.3. The Morgan fingerprint density at radius 2 is 1.83 bits per heavy atom. The second-order valence-corrected chi connectivity index (χ2v) is 5.51. The lowest BCUT2D eigenvalue weighted by Gasteiger charge is -2.05. The van der Waals surface area contributed by atoms with Crippen molar-refractivity contribution >= 4 is 5.69 Å². The predicted molar refractivity (Wildman–Crippen MR) is 95.0 cm³/mol. The summed E-state index contributed by atoms with van der Waals surface area (Å²) in [4.78, 5) is 0. The molecule has 5 heteroatoms. The highest BCUT2D eigenvalue weighted by molar-refractivity contribution is 5.60. The summed E-state index contributed by atoms with van der Waals surface area (Å²) in [6.07, 6.45) is 0.998. The molecule has 0 aliphatic rings. The Kier molecular flexibility index (Phi) is 5.01.